The van der Waals surface area contributed by atoms with Crippen molar-refractivity contribution in [2.45, 2.75) is 12.8 Å². The van der Waals surface area contributed by atoms with Crippen molar-refractivity contribution in [1.82, 2.24) is 0 Å². The number of halogens is 1. The molecule has 2 rings (SSSR count). The number of nitro groups is 1. The third kappa shape index (κ3) is 3.11. The van der Waals surface area contributed by atoms with Gasteiger partial charge in [-0.1, -0.05) is 17.7 Å². The van der Waals surface area contributed by atoms with Crippen LogP contribution in [-0.4, -0.2) is 24.7 Å². The summed E-state index contributed by atoms with van der Waals surface area (Å²) in [4.78, 5) is 10.5. The van der Waals surface area contributed by atoms with Gasteiger partial charge in [0.05, 0.1) is 9.95 Å². The van der Waals surface area contributed by atoms with Gasteiger partial charge in [0.2, 0.25) is 0 Å². The van der Waals surface area contributed by atoms with Gasteiger partial charge in [0.25, 0.3) is 5.69 Å². The quantitative estimate of drug-likeness (QED) is 0.660. The Kier molecular flexibility index (Phi) is 4.38. The second kappa shape index (κ2) is 6.02. The van der Waals surface area contributed by atoms with Gasteiger partial charge in [-0.3, -0.25) is 10.1 Å². The van der Waals surface area contributed by atoms with Gasteiger partial charge in [-0.2, -0.15) is 0 Å². The van der Waals surface area contributed by atoms with Crippen LogP contribution in [0.4, 0.5) is 11.4 Å². The van der Waals surface area contributed by atoms with E-state index in [9.17, 15) is 10.1 Å². The molecule has 5 nitrogen and oxygen atoms in total. The van der Waals surface area contributed by atoms with E-state index in [4.69, 9.17) is 16.3 Å². The maximum absolute atomic E-state index is 10.9. The maximum atomic E-state index is 10.9. The summed E-state index contributed by atoms with van der Waals surface area (Å²) in [5, 5.41) is 14.3. The van der Waals surface area contributed by atoms with E-state index >= 15 is 0 Å². The van der Waals surface area contributed by atoms with Gasteiger partial charge in [0, 0.05) is 25.8 Å². The molecule has 0 saturated carbocycles. The highest BCUT2D eigenvalue weighted by molar-refractivity contribution is 6.33. The zero-order valence-electron chi connectivity index (χ0n) is 9.89. The van der Waals surface area contributed by atoms with E-state index in [0.717, 1.165) is 26.1 Å². The average Bonchev–Trinajstić information content (AvgIpc) is 2.84. The van der Waals surface area contributed by atoms with Crippen molar-refractivity contribution in [3.05, 3.63) is 33.3 Å². The van der Waals surface area contributed by atoms with Crippen molar-refractivity contribution in [3.63, 3.8) is 0 Å². The lowest BCUT2D eigenvalue weighted by molar-refractivity contribution is -0.383. The summed E-state index contributed by atoms with van der Waals surface area (Å²) in [6.07, 6.45) is 1.99. The molecule has 0 spiro atoms. The maximum Gasteiger partial charge on any atom is 0.293 e. The van der Waals surface area contributed by atoms with Crippen LogP contribution in [0, 0.1) is 16.0 Å². The van der Waals surface area contributed by atoms with Crippen LogP contribution < -0.4 is 5.32 Å². The van der Waals surface area contributed by atoms with E-state index in [2.05, 4.69) is 5.32 Å². The largest absolute Gasteiger partial charge is 0.381 e. The van der Waals surface area contributed by atoms with Gasteiger partial charge in [-0.05, 0) is 24.8 Å². The highest BCUT2D eigenvalue weighted by atomic mass is 35.5. The Morgan fingerprint density at radius 1 is 1.56 bits per heavy atom. The summed E-state index contributed by atoms with van der Waals surface area (Å²) >= 11 is 5.98. The lowest BCUT2D eigenvalue weighted by atomic mass is 10.1. The van der Waals surface area contributed by atoms with Gasteiger partial charge >= 0.3 is 0 Å². The monoisotopic (exact) mass is 270 g/mol. The fourth-order valence-electron chi connectivity index (χ4n) is 2.05. The highest BCUT2D eigenvalue weighted by Crippen LogP contribution is 2.32. The number of para-hydroxylation sites is 1. The summed E-state index contributed by atoms with van der Waals surface area (Å²) in [5.41, 5.74) is 0.424. The van der Waals surface area contributed by atoms with Crippen LogP contribution in [0.1, 0.15) is 12.8 Å². The molecule has 1 unspecified atom stereocenters. The standard InChI is InChI=1S/C12H15ClN2O3/c13-10-2-1-3-11(15(16)17)12(10)14-6-4-9-5-7-18-8-9/h1-3,9,14H,4-8H2. The van der Waals surface area contributed by atoms with Crippen molar-refractivity contribution < 1.29 is 9.66 Å². The summed E-state index contributed by atoms with van der Waals surface area (Å²) in [7, 11) is 0. The minimum absolute atomic E-state index is 0.0187. The van der Waals surface area contributed by atoms with E-state index < -0.39 is 4.92 Å². The van der Waals surface area contributed by atoms with Crippen LogP contribution in [0.2, 0.25) is 5.02 Å². The summed E-state index contributed by atoms with van der Waals surface area (Å²) in [5.74, 6) is 0.541. The topological polar surface area (TPSA) is 64.4 Å². The molecular formula is C12H15ClN2O3. The van der Waals surface area contributed by atoms with Crippen molar-refractivity contribution in [1.29, 1.82) is 0 Å². The third-order valence-electron chi connectivity index (χ3n) is 3.07. The fourth-order valence-corrected chi connectivity index (χ4v) is 2.29. The third-order valence-corrected chi connectivity index (χ3v) is 3.38. The molecule has 0 aliphatic carbocycles. The van der Waals surface area contributed by atoms with Crippen LogP contribution in [0.5, 0.6) is 0 Å². The molecule has 1 aliphatic rings. The molecule has 0 amide bonds. The first-order valence-corrected chi connectivity index (χ1v) is 6.31. The number of nitrogens with one attached hydrogen (secondary N) is 1. The average molecular weight is 271 g/mol. The Labute approximate surface area is 110 Å². The molecule has 0 bridgehead atoms. The van der Waals surface area contributed by atoms with E-state index in [1.54, 1.807) is 12.1 Å². The lowest BCUT2D eigenvalue weighted by Crippen LogP contribution is -2.10. The van der Waals surface area contributed by atoms with E-state index in [0.29, 0.717) is 23.2 Å². The second-order valence-corrected chi connectivity index (χ2v) is 4.74. The second-order valence-electron chi connectivity index (χ2n) is 4.34. The molecule has 6 heteroatoms. The van der Waals surface area contributed by atoms with Gasteiger partial charge in [0.1, 0.15) is 5.69 Å². The first-order valence-electron chi connectivity index (χ1n) is 5.93. The van der Waals surface area contributed by atoms with Crippen molar-refractivity contribution in [2.24, 2.45) is 5.92 Å². The smallest absolute Gasteiger partial charge is 0.293 e. The fraction of sp³-hybridized carbons (Fsp3) is 0.500. The number of hydrogen-bond donors (Lipinski definition) is 1. The zero-order valence-corrected chi connectivity index (χ0v) is 10.7. The van der Waals surface area contributed by atoms with Crippen molar-refractivity contribution in [3.8, 4) is 0 Å². The normalized spacial score (nSPS) is 18.8. The minimum atomic E-state index is -0.424. The van der Waals surface area contributed by atoms with Crippen LogP contribution in [0.3, 0.4) is 0 Å². The van der Waals surface area contributed by atoms with E-state index in [1.165, 1.54) is 6.07 Å². The molecule has 1 aromatic carbocycles. The molecule has 1 aliphatic heterocycles. The molecule has 1 aromatic rings. The zero-order chi connectivity index (χ0) is 13.0. The molecule has 1 atom stereocenters. The Morgan fingerprint density at radius 2 is 2.39 bits per heavy atom. The summed E-state index contributed by atoms with van der Waals surface area (Å²) < 4.78 is 5.28. The van der Waals surface area contributed by atoms with Crippen molar-refractivity contribution >= 4 is 23.0 Å². The van der Waals surface area contributed by atoms with Gasteiger partial charge in [-0.15, -0.1) is 0 Å². The molecule has 1 N–H and O–H groups in total. The number of nitro benzene ring substituents is 1. The molecule has 1 heterocycles. The van der Waals surface area contributed by atoms with Crippen LogP contribution >= 0.6 is 11.6 Å². The summed E-state index contributed by atoms with van der Waals surface area (Å²) in [6.45, 7) is 2.27. The number of rotatable bonds is 5. The van der Waals surface area contributed by atoms with Gasteiger partial charge < -0.3 is 10.1 Å². The Morgan fingerprint density at radius 3 is 3.06 bits per heavy atom. The number of hydrogen-bond acceptors (Lipinski definition) is 4. The highest BCUT2D eigenvalue weighted by Gasteiger charge is 2.18. The Balaban J connectivity index is 1.97. The van der Waals surface area contributed by atoms with Gasteiger partial charge in [-0.25, -0.2) is 0 Å². The first kappa shape index (κ1) is 13.1. The Bertz CT molecular complexity index is 433. The number of ether oxygens (including phenoxy) is 1. The number of nitrogens with zero attached hydrogens (tertiary/aromatic N) is 1. The predicted octanol–water partition coefficient (Wildman–Crippen LogP) is 3.09. The number of anilines is 1. The molecule has 0 radical (unpaired) electrons. The predicted molar refractivity (Wildman–Crippen MR) is 70.1 cm³/mol. The first-order chi connectivity index (χ1) is 8.68. The number of benzene rings is 1. The van der Waals surface area contributed by atoms with Crippen LogP contribution in [-0.2, 0) is 4.74 Å². The lowest BCUT2D eigenvalue weighted by Gasteiger charge is -2.11. The van der Waals surface area contributed by atoms with Crippen molar-refractivity contribution in [2.75, 3.05) is 25.1 Å². The molecular weight excluding hydrogens is 256 g/mol. The molecule has 1 saturated heterocycles. The molecule has 18 heavy (non-hydrogen) atoms. The Hall–Kier alpha value is -1.33. The molecule has 0 aromatic heterocycles. The molecule has 1 fully saturated rings. The van der Waals surface area contributed by atoms with Crippen LogP contribution in [0.25, 0.3) is 0 Å². The van der Waals surface area contributed by atoms with E-state index in [1.807, 2.05) is 0 Å². The molecule has 98 valence electrons. The SMILES string of the molecule is O=[N+]([O-])c1cccc(Cl)c1NCCC1CCOC1. The minimum Gasteiger partial charge on any atom is -0.381 e. The summed E-state index contributed by atoms with van der Waals surface area (Å²) in [6, 6.07) is 4.68. The van der Waals surface area contributed by atoms with Gasteiger partial charge in [0.15, 0.2) is 0 Å². The van der Waals surface area contributed by atoms with Crippen LogP contribution in [0.15, 0.2) is 18.2 Å². The van der Waals surface area contributed by atoms with E-state index in [-0.39, 0.29) is 5.69 Å².